The van der Waals surface area contributed by atoms with Crippen molar-refractivity contribution in [3.8, 4) is 0 Å². The highest BCUT2D eigenvalue weighted by molar-refractivity contribution is 7.89. The van der Waals surface area contributed by atoms with Gasteiger partial charge in [-0.2, -0.15) is 0 Å². The van der Waals surface area contributed by atoms with E-state index in [4.69, 9.17) is 16.7 Å². The molecule has 0 atom stereocenters. The second-order valence-corrected chi connectivity index (χ2v) is 8.01. The van der Waals surface area contributed by atoms with Gasteiger partial charge in [-0.3, -0.25) is 4.79 Å². The number of hydrogen-bond donors (Lipinski definition) is 2. The van der Waals surface area contributed by atoms with E-state index < -0.39 is 27.5 Å². The lowest BCUT2D eigenvalue weighted by Gasteiger charge is -2.26. The van der Waals surface area contributed by atoms with Gasteiger partial charge in [0.25, 0.3) is 0 Å². The summed E-state index contributed by atoms with van der Waals surface area (Å²) in [5, 5.41) is 8.86. The number of sulfonamides is 1. The van der Waals surface area contributed by atoms with Gasteiger partial charge in [0, 0.05) is 17.0 Å². The van der Waals surface area contributed by atoms with E-state index in [0.29, 0.717) is 0 Å². The van der Waals surface area contributed by atoms with Crippen LogP contribution < -0.4 is 4.72 Å². The Morgan fingerprint density at radius 2 is 1.92 bits per heavy atom. The lowest BCUT2D eigenvalue weighted by atomic mass is 10.0. The molecule has 0 aliphatic carbocycles. The molecule has 7 nitrogen and oxygen atoms in total. The first-order chi connectivity index (χ1) is 10.9. The summed E-state index contributed by atoms with van der Waals surface area (Å²) in [6, 6.07) is 2.51. The number of carboxylic acids is 1. The van der Waals surface area contributed by atoms with Gasteiger partial charge in [0.2, 0.25) is 10.0 Å². The molecule has 0 fully saturated rings. The number of aliphatic carboxylic acids is 1. The van der Waals surface area contributed by atoms with Crippen LogP contribution in [0, 0.1) is 6.92 Å². The summed E-state index contributed by atoms with van der Waals surface area (Å²) < 4.78 is 32.4. The normalized spacial score (nSPS) is 12.0. The number of halogens is 1. The van der Waals surface area contributed by atoms with Crippen LogP contribution in [-0.4, -0.2) is 38.1 Å². The molecule has 9 heteroatoms. The van der Waals surface area contributed by atoms with Crippen LogP contribution in [-0.2, 0) is 19.6 Å². The minimum absolute atomic E-state index is 0.0109. The van der Waals surface area contributed by atoms with Crippen molar-refractivity contribution in [2.24, 2.45) is 0 Å². The van der Waals surface area contributed by atoms with Gasteiger partial charge in [0.1, 0.15) is 0 Å². The fourth-order valence-corrected chi connectivity index (χ4v) is 4.07. The Morgan fingerprint density at radius 1 is 1.33 bits per heavy atom. The van der Waals surface area contributed by atoms with Crippen LogP contribution in [0.3, 0.4) is 0 Å². The molecule has 0 aliphatic heterocycles. The van der Waals surface area contributed by atoms with Crippen molar-refractivity contribution >= 4 is 33.6 Å². The number of nitrogens with one attached hydrogen (secondary N) is 1. The largest absolute Gasteiger partial charge is 0.481 e. The summed E-state index contributed by atoms with van der Waals surface area (Å²) in [6.07, 6.45) is -0.0809. The lowest BCUT2D eigenvalue weighted by Crippen LogP contribution is -2.43. The van der Waals surface area contributed by atoms with Crippen molar-refractivity contribution in [2.45, 2.75) is 44.0 Å². The van der Waals surface area contributed by atoms with Crippen molar-refractivity contribution in [1.29, 1.82) is 0 Å². The molecule has 1 aromatic rings. The molecular formula is C15H20ClNO6S. The molecule has 0 spiro atoms. The third kappa shape index (κ3) is 5.19. The smallest absolute Gasteiger partial charge is 0.337 e. The first-order valence-electron chi connectivity index (χ1n) is 7.04. The Bertz CT molecular complexity index is 757. The molecule has 0 bridgehead atoms. The summed E-state index contributed by atoms with van der Waals surface area (Å²) in [6.45, 7) is 4.67. The van der Waals surface area contributed by atoms with Crippen LogP contribution in [0.1, 0.15) is 42.6 Å². The molecule has 0 unspecified atom stereocenters. The highest BCUT2D eigenvalue weighted by atomic mass is 35.5. The fraction of sp³-hybridized carbons (Fsp3) is 0.467. The van der Waals surface area contributed by atoms with Crippen LogP contribution in [0.4, 0.5) is 0 Å². The molecule has 0 aliphatic rings. The molecule has 0 aromatic heterocycles. The predicted octanol–water partition coefficient (Wildman–Crippen LogP) is 2.36. The maximum atomic E-state index is 12.7. The van der Waals surface area contributed by atoms with E-state index in [-0.39, 0.29) is 33.9 Å². The summed E-state index contributed by atoms with van der Waals surface area (Å²) in [5.74, 6) is -1.73. The van der Waals surface area contributed by atoms with Gasteiger partial charge in [-0.1, -0.05) is 11.6 Å². The van der Waals surface area contributed by atoms with Crippen LogP contribution in [0.25, 0.3) is 0 Å². The Kier molecular flexibility index (Phi) is 6.38. The van der Waals surface area contributed by atoms with E-state index in [0.717, 1.165) is 0 Å². The van der Waals surface area contributed by atoms with Gasteiger partial charge >= 0.3 is 11.9 Å². The van der Waals surface area contributed by atoms with E-state index in [2.05, 4.69) is 9.46 Å². The molecule has 0 radical (unpaired) electrons. The molecule has 0 amide bonds. The van der Waals surface area contributed by atoms with Crippen LogP contribution in [0.5, 0.6) is 0 Å². The topological polar surface area (TPSA) is 110 Å². The van der Waals surface area contributed by atoms with Gasteiger partial charge in [-0.25, -0.2) is 17.9 Å². The first-order valence-corrected chi connectivity index (χ1v) is 8.90. The Morgan fingerprint density at radius 3 is 2.42 bits per heavy atom. The minimum Gasteiger partial charge on any atom is -0.481 e. The van der Waals surface area contributed by atoms with Crippen LogP contribution in [0.15, 0.2) is 17.0 Å². The van der Waals surface area contributed by atoms with Crippen LogP contribution >= 0.6 is 11.6 Å². The number of esters is 1. The quantitative estimate of drug-likeness (QED) is 0.706. The number of carboxylic acid groups (broad SMARTS) is 1. The van der Waals surface area contributed by atoms with Crippen molar-refractivity contribution in [2.75, 3.05) is 7.11 Å². The second kappa shape index (κ2) is 7.50. The van der Waals surface area contributed by atoms with Crippen molar-refractivity contribution in [3.63, 3.8) is 0 Å². The predicted molar refractivity (Wildman–Crippen MR) is 88.8 cm³/mol. The van der Waals surface area contributed by atoms with E-state index >= 15 is 0 Å². The number of hydrogen-bond acceptors (Lipinski definition) is 5. The fourth-order valence-electron chi connectivity index (χ4n) is 2.06. The van der Waals surface area contributed by atoms with Crippen molar-refractivity contribution < 1.29 is 27.9 Å². The zero-order valence-electron chi connectivity index (χ0n) is 13.8. The van der Waals surface area contributed by atoms with E-state index in [1.54, 1.807) is 13.8 Å². The van der Waals surface area contributed by atoms with E-state index in [1.807, 2.05) is 0 Å². The average molecular weight is 378 g/mol. The van der Waals surface area contributed by atoms with Gasteiger partial charge in [0.05, 0.1) is 17.6 Å². The Hall–Kier alpha value is -1.64. The standard InChI is InChI=1S/C15H20ClNO6S/c1-9-11(16)7-10(14(20)23-4)8-12(9)24(21,22)17-15(2,3)6-5-13(18)19/h7-8,17H,5-6H2,1-4H3,(H,18,19). The Labute approximate surface area is 146 Å². The van der Waals surface area contributed by atoms with E-state index in [1.165, 1.54) is 26.2 Å². The number of carbonyl (C=O) groups is 2. The molecule has 24 heavy (non-hydrogen) atoms. The minimum atomic E-state index is -4.02. The van der Waals surface area contributed by atoms with Gasteiger partial charge in [-0.15, -0.1) is 0 Å². The zero-order valence-corrected chi connectivity index (χ0v) is 15.4. The SMILES string of the molecule is COC(=O)c1cc(Cl)c(C)c(S(=O)(=O)NC(C)(C)CCC(=O)O)c1. The van der Waals surface area contributed by atoms with Gasteiger partial charge < -0.3 is 9.84 Å². The second-order valence-electron chi connectivity index (χ2n) is 5.96. The first kappa shape index (κ1) is 20.4. The third-order valence-corrected chi connectivity index (χ3v) is 5.60. The molecule has 134 valence electrons. The number of benzene rings is 1. The summed E-state index contributed by atoms with van der Waals surface area (Å²) in [4.78, 5) is 22.2. The molecule has 0 heterocycles. The summed E-state index contributed by atoms with van der Waals surface area (Å²) >= 11 is 6.02. The van der Waals surface area contributed by atoms with Crippen LogP contribution in [0.2, 0.25) is 5.02 Å². The molecule has 0 saturated heterocycles. The monoisotopic (exact) mass is 377 g/mol. The summed E-state index contributed by atoms with van der Waals surface area (Å²) in [5.41, 5.74) is -0.695. The number of rotatable bonds is 7. The maximum Gasteiger partial charge on any atom is 0.337 e. The maximum absolute atomic E-state index is 12.7. The molecule has 2 N–H and O–H groups in total. The highest BCUT2D eigenvalue weighted by Gasteiger charge is 2.29. The number of ether oxygens (including phenoxy) is 1. The zero-order chi connectivity index (χ0) is 18.7. The highest BCUT2D eigenvalue weighted by Crippen LogP contribution is 2.27. The van der Waals surface area contributed by atoms with Gasteiger partial charge in [0.15, 0.2) is 0 Å². The molecular weight excluding hydrogens is 358 g/mol. The molecule has 1 rings (SSSR count). The average Bonchev–Trinajstić information content (AvgIpc) is 2.45. The van der Waals surface area contributed by atoms with E-state index in [9.17, 15) is 18.0 Å². The Balaban J connectivity index is 3.25. The van der Waals surface area contributed by atoms with Crippen molar-refractivity contribution in [3.05, 3.63) is 28.3 Å². The van der Waals surface area contributed by atoms with Gasteiger partial charge in [-0.05, 0) is 44.9 Å². The molecule has 0 saturated carbocycles. The lowest BCUT2D eigenvalue weighted by molar-refractivity contribution is -0.137. The van der Waals surface area contributed by atoms with Crippen molar-refractivity contribution in [1.82, 2.24) is 4.72 Å². The molecule has 1 aromatic carbocycles. The number of carbonyl (C=O) groups excluding carboxylic acids is 1. The number of methoxy groups -OCH3 is 1. The summed E-state index contributed by atoms with van der Waals surface area (Å²) in [7, 11) is -2.84. The third-order valence-electron chi connectivity index (χ3n) is 3.38.